The monoisotopic (exact) mass is 577 g/mol. The zero-order valence-electron chi connectivity index (χ0n) is 21.1. The van der Waals surface area contributed by atoms with Crippen LogP contribution < -0.4 is 0 Å². The Labute approximate surface area is 223 Å². The summed E-state index contributed by atoms with van der Waals surface area (Å²) in [6.45, 7) is 3.01. The zero-order chi connectivity index (χ0) is 30.3. The van der Waals surface area contributed by atoms with Crippen LogP contribution >= 0.6 is 0 Å². The van der Waals surface area contributed by atoms with Gasteiger partial charge in [-0.05, 0) is 32.3 Å². The molecule has 1 aliphatic heterocycles. The molecule has 0 saturated carbocycles. The van der Waals surface area contributed by atoms with E-state index < -0.39 is 24.3 Å². The van der Waals surface area contributed by atoms with Gasteiger partial charge >= 0.3 is 24.3 Å². The lowest BCUT2D eigenvalue weighted by Gasteiger charge is -2.25. The number of nitrogens with zero attached hydrogens (tertiary/aromatic N) is 5. The molecule has 1 atom stereocenters. The number of benzene rings is 1. The largest absolute Gasteiger partial charge is 0.490 e. The van der Waals surface area contributed by atoms with Gasteiger partial charge in [0.25, 0.3) is 5.91 Å². The molecule has 0 saturated heterocycles. The van der Waals surface area contributed by atoms with Gasteiger partial charge in [-0.15, -0.1) is 0 Å². The smallest absolute Gasteiger partial charge is 0.475 e. The molecule has 218 valence electrons. The molecule has 0 radical (unpaired) electrons. The van der Waals surface area contributed by atoms with Crippen molar-refractivity contribution in [2.24, 2.45) is 5.92 Å². The van der Waals surface area contributed by atoms with Crippen molar-refractivity contribution in [3.8, 4) is 0 Å². The van der Waals surface area contributed by atoms with Gasteiger partial charge in [0.1, 0.15) is 5.69 Å². The van der Waals surface area contributed by atoms with Crippen LogP contribution in [0.3, 0.4) is 0 Å². The van der Waals surface area contributed by atoms with E-state index >= 15 is 0 Å². The van der Waals surface area contributed by atoms with Crippen molar-refractivity contribution >= 4 is 28.7 Å². The lowest BCUT2D eigenvalue weighted by Crippen LogP contribution is -2.37. The maximum atomic E-state index is 13.2. The lowest BCUT2D eigenvalue weighted by molar-refractivity contribution is -0.193. The highest BCUT2D eigenvalue weighted by atomic mass is 19.4. The van der Waals surface area contributed by atoms with Crippen molar-refractivity contribution in [2.75, 3.05) is 27.2 Å². The van der Waals surface area contributed by atoms with Gasteiger partial charge in [0, 0.05) is 37.1 Å². The average molecular weight is 577 g/mol. The highest BCUT2D eigenvalue weighted by molar-refractivity contribution is 5.94. The van der Waals surface area contributed by atoms with Crippen LogP contribution in [0.2, 0.25) is 0 Å². The molecule has 40 heavy (non-hydrogen) atoms. The van der Waals surface area contributed by atoms with E-state index in [2.05, 4.69) is 29.1 Å². The van der Waals surface area contributed by atoms with Gasteiger partial charge < -0.3 is 20.0 Å². The molecule has 10 nitrogen and oxygen atoms in total. The summed E-state index contributed by atoms with van der Waals surface area (Å²) < 4.78 is 65.5. The van der Waals surface area contributed by atoms with Gasteiger partial charge in [-0.3, -0.25) is 9.48 Å². The minimum absolute atomic E-state index is 0.0193. The van der Waals surface area contributed by atoms with Crippen LogP contribution in [0.4, 0.5) is 26.3 Å². The first-order valence-electron chi connectivity index (χ1n) is 11.4. The van der Waals surface area contributed by atoms with E-state index in [1.54, 1.807) is 0 Å². The molecule has 1 amide bonds. The molecule has 2 aromatic heterocycles. The van der Waals surface area contributed by atoms with E-state index in [9.17, 15) is 31.1 Å². The number of carbonyl (C=O) groups excluding carboxylic acids is 1. The predicted octanol–water partition coefficient (Wildman–Crippen LogP) is 3.53. The Bertz CT molecular complexity index is 1300. The molecular weight excluding hydrogens is 552 g/mol. The standard InChI is InChI=1S/C20H23N5O.2C2HF3O2/c1-23(2)11-15-12-24(14-17-9-10-21-25(17)13-15)20(26)19-8-7-16-5-3-4-6-18(16)22-19;2*3-2(4,5)1(6)7/h3-10,15H,11-14H2,1-2H3;2*(H,6,7). The highest BCUT2D eigenvalue weighted by Gasteiger charge is 2.39. The number of aromatic nitrogens is 3. The van der Waals surface area contributed by atoms with Crippen molar-refractivity contribution in [3.63, 3.8) is 0 Å². The minimum atomic E-state index is -5.08. The molecule has 0 fully saturated rings. The number of carboxylic acids is 2. The number of hydrogen-bond donors (Lipinski definition) is 2. The van der Waals surface area contributed by atoms with Crippen LogP contribution in [0.25, 0.3) is 10.9 Å². The number of hydrogen-bond acceptors (Lipinski definition) is 6. The number of rotatable bonds is 3. The van der Waals surface area contributed by atoms with Gasteiger partial charge in [-0.2, -0.15) is 31.4 Å². The number of amides is 1. The summed E-state index contributed by atoms with van der Waals surface area (Å²) in [5.41, 5.74) is 2.42. The molecule has 4 rings (SSSR count). The van der Waals surface area contributed by atoms with Gasteiger partial charge in [0.2, 0.25) is 0 Å². The summed E-state index contributed by atoms with van der Waals surface area (Å²) in [4.78, 5) is 39.6. The second kappa shape index (κ2) is 13.2. The van der Waals surface area contributed by atoms with Crippen LogP contribution in [0, 0.1) is 5.92 Å². The normalized spacial score (nSPS) is 15.2. The summed E-state index contributed by atoms with van der Waals surface area (Å²) in [6.07, 6.45) is -8.36. The minimum Gasteiger partial charge on any atom is -0.475 e. The summed E-state index contributed by atoms with van der Waals surface area (Å²) in [5.74, 6) is -5.20. The number of carboxylic acid groups (broad SMARTS) is 2. The molecule has 0 aliphatic carbocycles. The van der Waals surface area contributed by atoms with Gasteiger partial charge in [-0.25, -0.2) is 14.6 Å². The molecule has 1 aliphatic rings. The first-order chi connectivity index (χ1) is 18.5. The maximum Gasteiger partial charge on any atom is 0.490 e. The van der Waals surface area contributed by atoms with Gasteiger partial charge in [0.05, 0.1) is 17.8 Å². The number of carbonyl (C=O) groups is 3. The number of aliphatic carboxylic acids is 2. The van der Waals surface area contributed by atoms with Crippen LogP contribution in [0.1, 0.15) is 16.2 Å². The molecule has 1 unspecified atom stereocenters. The predicted molar refractivity (Wildman–Crippen MR) is 128 cm³/mol. The second-order valence-electron chi connectivity index (χ2n) is 8.81. The number of pyridine rings is 1. The van der Waals surface area contributed by atoms with E-state index in [1.165, 1.54) is 0 Å². The molecular formula is C24H25F6N5O5. The Morgan fingerprint density at radius 1 is 0.925 bits per heavy atom. The van der Waals surface area contributed by atoms with E-state index in [0.717, 1.165) is 29.7 Å². The summed E-state index contributed by atoms with van der Waals surface area (Å²) >= 11 is 0. The first kappa shape index (κ1) is 32.0. The lowest BCUT2D eigenvalue weighted by atomic mass is 10.1. The fourth-order valence-corrected chi connectivity index (χ4v) is 3.67. The van der Waals surface area contributed by atoms with Crippen LogP contribution in [-0.2, 0) is 22.7 Å². The summed E-state index contributed by atoms with van der Waals surface area (Å²) in [6, 6.07) is 13.7. The van der Waals surface area contributed by atoms with Crippen LogP contribution in [0.5, 0.6) is 0 Å². The number of halogens is 6. The Morgan fingerprint density at radius 2 is 1.50 bits per heavy atom. The number of fused-ring (bicyclic) bond motifs is 2. The molecule has 0 bridgehead atoms. The third kappa shape index (κ3) is 9.52. The zero-order valence-corrected chi connectivity index (χ0v) is 21.1. The molecule has 16 heteroatoms. The van der Waals surface area contributed by atoms with Crippen molar-refractivity contribution < 1.29 is 50.9 Å². The number of para-hydroxylation sites is 1. The third-order valence-electron chi connectivity index (χ3n) is 5.28. The molecule has 3 heterocycles. The third-order valence-corrected chi connectivity index (χ3v) is 5.28. The topological polar surface area (TPSA) is 129 Å². The van der Waals surface area contributed by atoms with E-state index in [0.29, 0.717) is 24.7 Å². The van der Waals surface area contributed by atoms with Gasteiger partial charge in [0.15, 0.2) is 0 Å². The van der Waals surface area contributed by atoms with Crippen LogP contribution in [0.15, 0.2) is 48.7 Å². The molecule has 1 aromatic carbocycles. The van der Waals surface area contributed by atoms with Crippen LogP contribution in [-0.4, -0.2) is 92.2 Å². The highest BCUT2D eigenvalue weighted by Crippen LogP contribution is 2.20. The second-order valence-corrected chi connectivity index (χ2v) is 8.81. The SMILES string of the molecule is CN(C)CC1CN(C(=O)c2ccc3ccccc3n2)Cc2ccnn2C1.O=C(O)C(F)(F)F.O=C(O)C(F)(F)F. The van der Waals surface area contributed by atoms with Crippen molar-refractivity contribution in [1.29, 1.82) is 0 Å². The Morgan fingerprint density at radius 3 is 2.05 bits per heavy atom. The Kier molecular flexibility index (Phi) is 10.6. The summed E-state index contributed by atoms with van der Waals surface area (Å²) in [7, 11) is 4.12. The Hall–Kier alpha value is -4.21. The van der Waals surface area contributed by atoms with E-state index in [1.807, 2.05) is 58.2 Å². The summed E-state index contributed by atoms with van der Waals surface area (Å²) in [5, 5.41) is 19.7. The number of alkyl halides is 6. The molecule has 2 N–H and O–H groups in total. The average Bonchev–Trinajstić information content (AvgIpc) is 3.20. The van der Waals surface area contributed by atoms with E-state index in [4.69, 9.17) is 19.8 Å². The van der Waals surface area contributed by atoms with Crippen molar-refractivity contribution in [1.82, 2.24) is 24.6 Å². The van der Waals surface area contributed by atoms with Gasteiger partial charge in [-0.1, -0.05) is 24.3 Å². The molecule has 3 aromatic rings. The fraction of sp³-hybridized carbons (Fsp3) is 0.375. The first-order valence-corrected chi connectivity index (χ1v) is 11.4. The molecule has 0 spiro atoms. The maximum absolute atomic E-state index is 13.2. The quantitative estimate of drug-likeness (QED) is 0.453. The fourth-order valence-electron chi connectivity index (χ4n) is 3.67. The Balaban J connectivity index is 0.000000333. The van der Waals surface area contributed by atoms with Crippen molar-refractivity contribution in [2.45, 2.75) is 25.4 Å². The van der Waals surface area contributed by atoms with E-state index in [-0.39, 0.29) is 5.91 Å². The van der Waals surface area contributed by atoms with Crippen molar-refractivity contribution in [3.05, 3.63) is 60.0 Å².